The smallest absolute Gasteiger partial charge is 0.251 e. The summed E-state index contributed by atoms with van der Waals surface area (Å²) in [6, 6.07) is 13.5. The maximum atomic E-state index is 13.6. The number of anilines is 2. The monoisotopic (exact) mass is 675 g/mol. The van der Waals surface area contributed by atoms with E-state index in [0.29, 0.717) is 52.1 Å². The highest BCUT2D eigenvalue weighted by atomic mass is 79.9. The summed E-state index contributed by atoms with van der Waals surface area (Å²) < 4.78 is 2.71. The van der Waals surface area contributed by atoms with Crippen molar-refractivity contribution in [1.82, 2.24) is 24.8 Å². The van der Waals surface area contributed by atoms with Crippen LogP contribution >= 0.6 is 15.9 Å². The van der Waals surface area contributed by atoms with Crippen molar-refractivity contribution in [3.05, 3.63) is 70.0 Å². The highest BCUT2D eigenvalue weighted by Crippen LogP contribution is 2.32. The van der Waals surface area contributed by atoms with Gasteiger partial charge in [0.25, 0.3) is 5.91 Å². The molecule has 0 radical (unpaired) electrons. The molecule has 0 spiro atoms. The summed E-state index contributed by atoms with van der Waals surface area (Å²) in [5, 5.41) is 8.98. The van der Waals surface area contributed by atoms with Crippen molar-refractivity contribution in [2.24, 2.45) is 5.92 Å². The predicted molar refractivity (Wildman–Crippen MR) is 177 cm³/mol. The van der Waals surface area contributed by atoms with E-state index in [-0.39, 0.29) is 29.7 Å². The number of halogens is 1. The Labute approximate surface area is 273 Å². The molecule has 2 atom stereocenters. The summed E-state index contributed by atoms with van der Waals surface area (Å²) >= 11 is 3.47. The first-order chi connectivity index (χ1) is 21.5. The van der Waals surface area contributed by atoms with Crippen LogP contribution in [0.15, 0.2) is 53.1 Å². The van der Waals surface area contributed by atoms with E-state index >= 15 is 0 Å². The summed E-state index contributed by atoms with van der Waals surface area (Å²) in [4.78, 5) is 47.9. The number of piperidine rings is 2. The van der Waals surface area contributed by atoms with E-state index in [1.807, 2.05) is 65.4 Å². The number of hydrogen-bond donors (Lipinski definition) is 0. The minimum atomic E-state index is -0.423. The average molecular weight is 677 g/mol. The summed E-state index contributed by atoms with van der Waals surface area (Å²) in [6.45, 7) is 12.1. The van der Waals surface area contributed by atoms with Crippen LogP contribution in [0.3, 0.4) is 0 Å². The molecule has 0 N–H and O–H groups in total. The van der Waals surface area contributed by atoms with Gasteiger partial charge in [-0.15, -0.1) is 5.10 Å². The third-order valence-electron chi connectivity index (χ3n) is 9.95. The zero-order chi connectivity index (χ0) is 31.9. The van der Waals surface area contributed by atoms with Crippen LogP contribution in [-0.4, -0.2) is 81.8 Å². The molecule has 0 aliphatic carbocycles. The van der Waals surface area contributed by atoms with Crippen molar-refractivity contribution >= 4 is 45.0 Å². The molecule has 10 nitrogen and oxygen atoms in total. The Morgan fingerprint density at radius 2 is 1.60 bits per heavy atom. The van der Waals surface area contributed by atoms with E-state index in [9.17, 15) is 14.4 Å². The fraction of sp³-hybridized carbons (Fsp3) is 0.500. The molecule has 3 amide bonds. The molecule has 0 saturated carbocycles. The van der Waals surface area contributed by atoms with E-state index < -0.39 is 5.54 Å². The third kappa shape index (κ3) is 6.29. The van der Waals surface area contributed by atoms with E-state index in [4.69, 9.17) is 0 Å². The molecular formula is C34H42BrN7O3. The number of aromatic nitrogens is 3. The minimum Gasteiger partial charge on any atom is -0.340 e. The second kappa shape index (κ2) is 12.7. The SMILES string of the molecule is Cc1ccc(N2CC(C(=O)N3CCN(C(C)(C)c4cn(C5CCCN(c6ccc(Br)cc6)C5=O)nn4)CC3)CCC2=O)cc1C. The Balaban J connectivity index is 1.08. The minimum absolute atomic E-state index is 0.0328. The van der Waals surface area contributed by atoms with Gasteiger partial charge in [-0.05, 0) is 94.5 Å². The van der Waals surface area contributed by atoms with Gasteiger partial charge in [0.15, 0.2) is 0 Å². The number of amides is 3. The summed E-state index contributed by atoms with van der Waals surface area (Å²) in [5.41, 5.74) is 4.47. The van der Waals surface area contributed by atoms with Crippen LogP contribution in [0.2, 0.25) is 0 Å². The lowest BCUT2D eigenvalue weighted by atomic mass is 9.94. The van der Waals surface area contributed by atoms with Crippen LogP contribution in [0, 0.1) is 19.8 Å². The van der Waals surface area contributed by atoms with Crippen molar-refractivity contribution in [1.29, 1.82) is 0 Å². The van der Waals surface area contributed by atoms with E-state index in [2.05, 4.69) is 51.9 Å². The van der Waals surface area contributed by atoms with E-state index in [0.717, 1.165) is 39.9 Å². The summed E-state index contributed by atoms with van der Waals surface area (Å²) in [6.07, 6.45) is 4.51. The second-order valence-corrected chi connectivity index (χ2v) is 14.0. The summed E-state index contributed by atoms with van der Waals surface area (Å²) in [5.74, 6) is 0.0444. The number of carbonyl (C=O) groups excluding carboxylic acids is 3. The number of aryl methyl sites for hydroxylation is 2. The molecule has 1 aromatic heterocycles. The van der Waals surface area contributed by atoms with Crippen molar-refractivity contribution in [3.63, 3.8) is 0 Å². The number of benzene rings is 2. The largest absolute Gasteiger partial charge is 0.340 e. The molecule has 0 bridgehead atoms. The number of carbonyl (C=O) groups is 3. The van der Waals surface area contributed by atoms with Gasteiger partial charge in [-0.25, -0.2) is 4.68 Å². The van der Waals surface area contributed by atoms with Gasteiger partial charge in [0.05, 0.1) is 17.7 Å². The van der Waals surface area contributed by atoms with Gasteiger partial charge in [-0.1, -0.05) is 27.2 Å². The topological polar surface area (TPSA) is 94.9 Å². The zero-order valence-electron chi connectivity index (χ0n) is 26.6. The number of nitrogens with zero attached hydrogens (tertiary/aromatic N) is 7. The van der Waals surface area contributed by atoms with E-state index in [1.165, 1.54) is 5.56 Å². The highest BCUT2D eigenvalue weighted by molar-refractivity contribution is 9.10. The number of piperazine rings is 1. The van der Waals surface area contributed by atoms with Crippen LogP contribution in [0.4, 0.5) is 11.4 Å². The first-order valence-electron chi connectivity index (χ1n) is 15.9. The number of hydrogen-bond acceptors (Lipinski definition) is 6. The van der Waals surface area contributed by atoms with Gasteiger partial charge >= 0.3 is 0 Å². The van der Waals surface area contributed by atoms with Crippen molar-refractivity contribution < 1.29 is 14.4 Å². The van der Waals surface area contributed by atoms with Gasteiger partial charge in [0.1, 0.15) is 11.7 Å². The third-order valence-corrected chi connectivity index (χ3v) is 10.5. The molecule has 3 aliphatic heterocycles. The lowest BCUT2D eigenvalue weighted by Crippen LogP contribution is -2.56. The normalized spacial score (nSPS) is 21.8. The van der Waals surface area contributed by atoms with Crippen molar-refractivity contribution in [2.75, 3.05) is 49.1 Å². The average Bonchev–Trinajstić information content (AvgIpc) is 3.54. The Morgan fingerprint density at radius 3 is 2.31 bits per heavy atom. The molecule has 2 unspecified atom stereocenters. The van der Waals surface area contributed by atoms with Gasteiger partial charge in [-0.3, -0.25) is 19.3 Å². The molecule has 238 valence electrons. The van der Waals surface area contributed by atoms with Gasteiger partial charge in [-0.2, -0.15) is 0 Å². The maximum Gasteiger partial charge on any atom is 0.251 e. The van der Waals surface area contributed by atoms with E-state index in [1.54, 1.807) is 9.58 Å². The standard InChI is InChI=1S/C34H42BrN7O3/c1-23-7-11-28(20-24(23)2)41-21-25(8-14-31(41)43)32(44)38-16-18-39(19-17-38)34(3,4)30-22-42(37-36-30)29-6-5-15-40(33(29)45)27-12-9-26(35)10-13-27/h7,9-13,20,22,25,29H,5-6,8,14-19,21H2,1-4H3. The Morgan fingerprint density at radius 1 is 0.889 bits per heavy atom. The number of rotatable bonds is 6. The Bertz CT molecular complexity index is 1580. The fourth-order valence-corrected chi connectivity index (χ4v) is 7.05. The summed E-state index contributed by atoms with van der Waals surface area (Å²) in [7, 11) is 0. The molecule has 3 saturated heterocycles. The van der Waals surface area contributed by atoms with Gasteiger partial charge in [0, 0.05) is 61.5 Å². The predicted octanol–water partition coefficient (Wildman–Crippen LogP) is 4.85. The van der Waals surface area contributed by atoms with Crippen LogP contribution in [0.5, 0.6) is 0 Å². The molecule has 4 heterocycles. The molecule has 11 heteroatoms. The maximum absolute atomic E-state index is 13.6. The quantitative estimate of drug-likeness (QED) is 0.371. The van der Waals surface area contributed by atoms with Crippen molar-refractivity contribution in [2.45, 2.75) is 65.0 Å². The zero-order valence-corrected chi connectivity index (χ0v) is 28.2. The lowest BCUT2D eigenvalue weighted by molar-refractivity contribution is -0.139. The molecule has 6 rings (SSSR count). The van der Waals surface area contributed by atoms with Crippen molar-refractivity contribution in [3.8, 4) is 0 Å². The fourth-order valence-electron chi connectivity index (χ4n) is 6.79. The molecule has 3 aromatic rings. The second-order valence-electron chi connectivity index (χ2n) is 13.1. The first kappa shape index (κ1) is 31.4. The molecule has 45 heavy (non-hydrogen) atoms. The lowest BCUT2D eigenvalue weighted by Gasteiger charge is -2.44. The molecule has 3 aliphatic rings. The first-order valence-corrected chi connectivity index (χ1v) is 16.7. The van der Waals surface area contributed by atoms with Gasteiger partial charge in [0.2, 0.25) is 11.8 Å². The Hall–Kier alpha value is -3.57. The van der Waals surface area contributed by atoms with Crippen LogP contribution in [-0.2, 0) is 19.9 Å². The van der Waals surface area contributed by atoms with Crippen LogP contribution in [0.1, 0.15) is 62.4 Å². The molecular weight excluding hydrogens is 634 g/mol. The Kier molecular flexibility index (Phi) is 8.85. The highest BCUT2D eigenvalue weighted by Gasteiger charge is 2.39. The molecule has 2 aromatic carbocycles. The molecule has 3 fully saturated rings. The van der Waals surface area contributed by atoms with Gasteiger partial charge < -0.3 is 14.7 Å². The van der Waals surface area contributed by atoms with Crippen LogP contribution in [0.25, 0.3) is 0 Å². The van der Waals surface area contributed by atoms with Crippen LogP contribution < -0.4 is 9.80 Å².